The highest BCUT2D eigenvalue weighted by atomic mass is 79.9. The van der Waals surface area contributed by atoms with E-state index in [1.165, 1.54) is 37.4 Å². The van der Waals surface area contributed by atoms with Crippen LogP contribution in [0.25, 0.3) is 0 Å². The smallest absolute Gasteiger partial charge is 0.287 e. The number of amides is 3. The van der Waals surface area contributed by atoms with Crippen molar-refractivity contribution in [3.63, 3.8) is 0 Å². The molecule has 7 nitrogen and oxygen atoms in total. The van der Waals surface area contributed by atoms with E-state index in [9.17, 15) is 18.8 Å². The second-order valence-corrected chi connectivity index (χ2v) is 5.87. The van der Waals surface area contributed by atoms with Crippen molar-refractivity contribution >= 4 is 39.3 Å². The van der Waals surface area contributed by atoms with E-state index in [1.807, 2.05) is 0 Å². The van der Waals surface area contributed by atoms with E-state index in [1.54, 1.807) is 6.07 Å². The highest BCUT2D eigenvalue weighted by Crippen LogP contribution is 2.13. The maximum absolute atomic E-state index is 12.8. The second kappa shape index (κ2) is 8.43. The Hall–Kier alpha value is -2.68. The lowest BCUT2D eigenvalue weighted by atomic mass is 10.3. The molecule has 0 bridgehead atoms. The molecule has 0 saturated heterocycles. The van der Waals surface area contributed by atoms with Crippen molar-refractivity contribution in [2.24, 2.45) is 0 Å². The van der Waals surface area contributed by atoms with Crippen LogP contribution in [0, 0.1) is 5.82 Å². The number of halogens is 2. The maximum atomic E-state index is 12.8. The summed E-state index contributed by atoms with van der Waals surface area (Å²) in [6.07, 6.45) is 0. The summed E-state index contributed by atoms with van der Waals surface area (Å²) in [5, 5.41) is 4.95. The first-order valence-electron chi connectivity index (χ1n) is 7.18. The third-order valence-corrected chi connectivity index (χ3v) is 3.56. The number of carbonyl (C=O) groups excluding carboxylic acids is 3. The fourth-order valence-corrected chi connectivity index (χ4v) is 2.16. The Balaban J connectivity index is 1.78. The summed E-state index contributed by atoms with van der Waals surface area (Å²) < 4.78 is 18.3. The predicted octanol–water partition coefficient (Wildman–Crippen LogP) is 2.01. The zero-order valence-corrected chi connectivity index (χ0v) is 14.8. The molecule has 25 heavy (non-hydrogen) atoms. The van der Waals surface area contributed by atoms with Gasteiger partial charge in [-0.25, -0.2) is 4.39 Å². The van der Waals surface area contributed by atoms with Gasteiger partial charge in [0.15, 0.2) is 10.4 Å². The van der Waals surface area contributed by atoms with Crippen LogP contribution in [-0.4, -0.2) is 42.8 Å². The van der Waals surface area contributed by atoms with E-state index in [4.69, 9.17) is 4.42 Å². The van der Waals surface area contributed by atoms with Crippen LogP contribution >= 0.6 is 15.9 Å². The molecule has 0 unspecified atom stereocenters. The standard InChI is InChI=1S/C16H15BrFN3O4/c1-21(9-14(22)20-11-4-2-10(18)3-5-11)15(23)8-19-16(24)12-6-7-13(17)25-12/h2-7H,8-9H2,1H3,(H,19,24)(H,20,22). The van der Waals surface area contributed by atoms with Gasteiger partial charge in [-0.15, -0.1) is 0 Å². The largest absolute Gasteiger partial charge is 0.444 e. The zero-order chi connectivity index (χ0) is 18.4. The van der Waals surface area contributed by atoms with Gasteiger partial charge in [-0.1, -0.05) is 0 Å². The number of hydrogen-bond donors (Lipinski definition) is 2. The minimum atomic E-state index is -0.539. The van der Waals surface area contributed by atoms with Crippen molar-refractivity contribution in [2.45, 2.75) is 0 Å². The molecule has 0 aliphatic heterocycles. The molecule has 0 saturated carbocycles. The Bertz CT molecular complexity index is 776. The first-order chi connectivity index (χ1) is 11.8. The van der Waals surface area contributed by atoms with Crippen LogP contribution in [0.5, 0.6) is 0 Å². The number of hydrogen-bond acceptors (Lipinski definition) is 4. The van der Waals surface area contributed by atoms with Crippen molar-refractivity contribution in [2.75, 3.05) is 25.5 Å². The van der Waals surface area contributed by atoms with Crippen LogP contribution in [0.4, 0.5) is 10.1 Å². The van der Waals surface area contributed by atoms with Gasteiger partial charge in [-0.3, -0.25) is 14.4 Å². The summed E-state index contributed by atoms with van der Waals surface area (Å²) in [6, 6.07) is 8.28. The van der Waals surface area contributed by atoms with Crippen LogP contribution in [0.3, 0.4) is 0 Å². The van der Waals surface area contributed by atoms with E-state index in [0.29, 0.717) is 10.4 Å². The molecule has 0 spiro atoms. The molecule has 2 aromatic rings. The van der Waals surface area contributed by atoms with Crippen molar-refractivity contribution in [1.82, 2.24) is 10.2 Å². The molecule has 132 valence electrons. The number of rotatable bonds is 6. The Morgan fingerprint density at radius 3 is 2.44 bits per heavy atom. The molecule has 1 aromatic heterocycles. The van der Waals surface area contributed by atoms with E-state index < -0.39 is 23.5 Å². The molecule has 0 fully saturated rings. The third-order valence-electron chi connectivity index (χ3n) is 3.13. The summed E-state index contributed by atoms with van der Waals surface area (Å²) in [6.45, 7) is -0.490. The second-order valence-electron chi connectivity index (χ2n) is 5.09. The number of benzene rings is 1. The molecule has 1 aromatic carbocycles. The highest BCUT2D eigenvalue weighted by molar-refractivity contribution is 9.10. The fraction of sp³-hybridized carbons (Fsp3) is 0.188. The number of furan rings is 1. The Labute approximate surface area is 151 Å². The molecule has 2 N–H and O–H groups in total. The first-order valence-corrected chi connectivity index (χ1v) is 7.97. The average Bonchev–Trinajstić information content (AvgIpc) is 3.00. The molecular weight excluding hydrogens is 397 g/mol. The predicted molar refractivity (Wildman–Crippen MR) is 91.4 cm³/mol. The number of nitrogens with one attached hydrogen (secondary N) is 2. The quantitative estimate of drug-likeness (QED) is 0.760. The maximum Gasteiger partial charge on any atom is 0.287 e. The average molecular weight is 412 g/mol. The van der Waals surface area contributed by atoms with Gasteiger partial charge in [0.1, 0.15) is 5.82 Å². The Kier molecular flexibility index (Phi) is 6.29. The van der Waals surface area contributed by atoms with Crippen molar-refractivity contribution in [1.29, 1.82) is 0 Å². The van der Waals surface area contributed by atoms with Crippen LogP contribution in [0.15, 0.2) is 45.5 Å². The summed E-state index contributed by atoms with van der Waals surface area (Å²) in [7, 11) is 1.43. The van der Waals surface area contributed by atoms with Gasteiger partial charge in [0, 0.05) is 12.7 Å². The fourth-order valence-electron chi connectivity index (χ4n) is 1.85. The molecule has 0 atom stereocenters. The SMILES string of the molecule is CN(CC(=O)Nc1ccc(F)cc1)C(=O)CNC(=O)c1ccc(Br)o1. The Morgan fingerprint density at radius 2 is 1.84 bits per heavy atom. The minimum absolute atomic E-state index is 0.0661. The minimum Gasteiger partial charge on any atom is -0.444 e. The van der Waals surface area contributed by atoms with Gasteiger partial charge >= 0.3 is 0 Å². The third kappa shape index (κ3) is 5.71. The molecule has 3 amide bonds. The van der Waals surface area contributed by atoms with Gasteiger partial charge in [0.25, 0.3) is 5.91 Å². The molecule has 0 aliphatic rings. The van der Waals surface area contributed by atoms with Crippen molar-refractivity contribution in [3.8, 4) is 0 Å². The van der Waals surface area contributed by atoms with E-state index in [0.717, 1.165) is 4.90 Å². The van der Waals surface area contributed by atoms with Crippen LogP contribution in [0.1, 0.15) is 10.6 Å². The summed E-state index contributed by atoms with van der Waals surface area (Å²) in [5.41, 5.74) is 0.420. The summed E-state index contributed by atoms with van der Waals surface area (Å²) in [4.78, 5) is 36.8. The number of nitrogens with zero attached hydrogens (tertiary/aromatic N) is 1. The Morgan fingerprint density at radius 1 is 1.16 bits per heavy atom. The number of carbonyl (C=O) groups is 3. The molecule has 0 aliphatic carbocycles. The molecule has 2 rings (SSSR count). The monoisotopic (exact) mass is 411 g/mol. The van der Waals surface area contributed by atoms with Gasteiger partial charge in [0.05, 0.1) is 13.1 Å². The number of anilines is 1. The van der Waals surface area contributed by atoms with E-state index >= 15 is 0 Å². The normalized spacial score (nSPS) is 10.2. The van der Waals surface area contributed by atoms with E-state index in [2.05, 4.69) is 26.6 Å². The van der Waals surface area contributed by atoms with Gasteiger partial charge < -0.3 is 20.0 Å². The van der Waals surface area contributed by atoms with Gasteiger partial charge in [-0.2, -0.15) is 0 Å². The highest BCUT2D eigenvalue weighted by Gasteiger charge is 2.16. The molecule has 1 heterocycles. The van der Waals surface area contributed by atoms with Gasteiger partial charge in [-0.05, 0) is 52.3 Å². The summed E-state index contributed by atoms with van der Waals surface area (Å²) >= 11 is 3.07. The lowest BCUT2D eigenvalue weighted by Gasteiger charge is -2.17. The molecule has 9 heteroatoms. The first kappa shape index (κ1) is 18.7. The zero-order valence-electron chi connectivity index (χ0n) is 13.2. The van der Waals surface area contributed by atoms with Gasteiger partial charge in [0.2, 0.25) is 11.8 Å². The van der Waals surface area contributed by atoms with E-state index in [-0.39, 0.29) is 18.8 Å². The van der Waals surface area contributed by atoms with Crippen molar-refractivity contribution in [3.05, 3.63) is 52.6 Å². The van der Waals surface area contributed by atoms with Crippen LogP contribution in [0.2, 0.25) is 0 Å². The molecular formula is C16H15BrFN3O4. The molecule has 0 radical (unpaired) electrons. The van der Waals surface area contributed by atoms with Crippen molar-refractivity contribution < 1.29 is 23.2 Å². The van der Waals surface area contributed by atoms with Crippen LogP contribution in [-0.2, 0) is 9.59 Å². The lowest BCUT2D eigenvalue weighted by Crippen LogP contribution is -2.41. The topological polar surface area (TPSA) is 91.7 Å². The number of likely N-dealkylation sites (N-methyl/N-ethyl adjacent to an activating group) is 1. The summed E-state index contributed by atoms with van der Waals surface area (Å²) in [5.74, 6) is -1.78. The lowest BCUT2D eigenvalue weighted by molar-refractivity contribution is -0.132. The van der Waals surface area contributed by atoms with Crippen LogP contribution < -0.4 is 10.6 Å².